The van der Waals surface area contributed by atoms with Crippen molar-refractivity contribution in [3.8, 4) is 11.8 Å². The first kappa shape index (κ1) is 15.0. The lowest BCUT2D eigenvalue weighted by atomic mass is 10.2. The molecule has 2 aromatic heterocycles. The Morgan fingerprint density at radius 2 is 1.84 bits per heavy atom. The van der Waals surface area contributed by atoms with Crippen molar-refractivity contribution < 1.29 is 5.11 Å². The molecule has 0 unspecified atom stereocenters. The van der Waals surface area contributed by atoms with Crippen LogP contribution in [0.5, 0.6) is 5.75 Å². The lowest BCUT2D eigenvalue weighted by Crippen LogP contribution is -1.96. The van der Waals surface area contributed by atoms with Crippen molar-refractivity contribution in [2.45, 2.75) is 0 Å². The molecule has 4 aromatic rings. The summed E-state index contributed by atoms with van der Waals surface area (Å²) < 4.78 is 1.54. The molecule has 2 aromatic carbocycles. The van der Waals surface area contributed by atoms with Gasteiger partial charge in [-0.05, 0) is 36.4 Å². The van der Waals surface area contributed by atoms with Crippen LogP contribution in [0.25, 0.3) is 16.7 Å². The summed E-state index contributed by atoms with van der Waals surface area (Å²) in [5.74, 6) is -0.0146. The molecular weight excluding hydrogens is 342 g/mol. The van der Waals surface area contributed by atoms with Crippen LogP contribution in [0.1, 0.15) is 5.56 Å². The molecule has 0 aliphatic heterocycles. The second-order valence-corrected chi connectivity index (χ2v) is 5.52. The lowest BCUT2D eigenvalue weighted by molar-refractivity contribution is 0.475. The SMILES string of the molecule is N#Cc1cnn2c1nnc1ccc(/N=N/c3ccc(O)c(Cl)c3)cc12. The topological polar surface area (TPSA) is 112 Å². The molecule has 0 radical (unpaired) electrons. The predicted molar refractivity (Wildman–Crippen MR) is 90.3 cm³/mol. The molecule has 0 aliphatic rings. The largest absolute Gasteiger partial charge is 0.506 e. The van der Waals surface area contributed by atoms with E-state index in [1.54, 1.807) is 24.3 Å². The normalized spacial score (nSPS) is 11.4. The molecule has 9 heteroatoms. The van der Waals surface area contributed by atoms with E-state index in [4.69, 9.17) is 16.9 Å². The van der Waals surface area contributed by atoms with Crippen LogP contribution in [-0.4, -0.2) is 24.9 Å². The quantitative estimate of drug-likeness (QED) is 0.551. The minimum Gasteiger partial charge on any atom is -0.506 e. The molecule has 0 amide bonds. The average Bonchev–Trinajstić information content (AvgIpc) is 3.06. The average molecular weight is 350 g/mol. The number of rotatable bonds is 2. The van der Waals surface area contributed by atoms with Crippen LogP contribution in [-0.2, 0) is 0 Å². The van der Waals surface area contributed by atoms with Crippen LogP contribution < -0.4 is 0 Å². The second-order valence-electron chi connectivity index (χ2n) is 5.11. The van der Waals surface area contributed by atoms with Gasteiger partial charge in [-0.2, -0.15) is 20.6 Å². The molecule has 0 saturated carbocycles. The zero-order chi connectivity index (χ0) is 17.4. The van der Waals surface area contributed by atoms with Crippen LogP contribution in [0.2, 0.25) is 5.02 Å². The molecule has 2 heterocycles. The molecule has 4 rings (SSSR count). The Kier molecular flexibility index (Phi) is 3.48. The summed E-state index contributed by atoms with van der Waals surface area (Å²) in [5.41, 5.74) is 3.08. The third-order valence-corrected chi connectivity index (χ3v) is 3.82. The summed E-state index contributed by atoms with van der Waals surface area (Å²) in [5, 5.41) is 39.2. The van der Waals surface area contributed by atoms with Gasteiger partial charge in [0.25, 0.3) is 0 Å². The van der Waals surface area contributed by atoms with E-state index in [0.29, 0.717) is 33.6 Å². The number of azo groups is 1. The highest BCUT2D eigenvalue weighted by atomic mass is 35.5. The smallest absolute Gasteiger partial charge is 0.195 e. The summed E-state index contributed by atoms with van der Waals surface area (Å²) in [7, 11) is 0. The monoisotopic (exact) mass is 349 g/mol. The van der Waals surface area contributed by atoms with E-state index in [1.165, 1.54) is 22.8 Å². The number of aromatic nitrogens is 4. The van der Waals surface area contributed by atoms with Gasteiger partial charge < -0.3 is 5.11 Å². The van der Waals surface area contributed by atoms with Crippen molar-refractivity contribution in [3.63, 3.8) is 0 Å². The van der Waals surface area contributed by atoms with Gasteiger partial charge in [0, 0.05) is 0 Å². The summed E-state index contributed by atoms with van der Waals surface area (Å²) in [4.78, 5) is 0. The Morgan fingerprint density at radius 1 is 1.08 bits per heavy atom. The number of nitriles is 1. The molecule has 8 nitrogen and oxygen atoms in total. The number of benzene rings is 2. The third kappa shape index (κ3) is 2.62. The van der Waals surface area contributed by atoms with Gasteiger partial charge in [-0.1, -0.05) is 11.6 Å². The van der Waals surface area contributed by atoms with E-state index in [1.807, 2.05) is 6.07 Å². The Morgan fingerprint density at radius 3 is 2.60 bits per heavy atom. The van der Waals surface area contributed by atoms with Crippen molar-refractivity contribution in [2.24, 2.45) is 10.2 Å². The summed E-state index contributed by atoms with van der Waals surface area (Å²) in [6.45, 7) is 0. The van der Waals surface area contributed by atoms with Crippen LogP contribution in [0, 0.1) is 11.3 Å². The molecule has 1 N–H and O–H groups in total. The molecule has 0 atom stereocenters. The van der Waals surface area contributed by atoms with E-state index in [2.05, 4.69) is 25.5 Å². The molecule has 0 aliphatic carbocycles. The Labute approximate surface area is 145 Å². The van der Waals surface area contributed by atoms with Crippen LogP contribution >= 0.6 is 11.6 Å². The fourth-order valence-corrected chi connectivity index (χ4v) is 2.47. The van der Waals surface area contributed by atoms with Crippen molar-refractivity contribution >= 4 is 39.7 Å². The third-order valence-electron chi connectivity index (χ3n) is 3.52. The lowest BCUT2D eigenvalue weighted by Gasteiger charge is -2.01. The number of nitrogens with zero attached hydrogens (tertiary/aromatic N) is 7. The fraction of sp³-hybridized carbons (Fsp3) is 0. The number of phenols is 1. The van der Waals surface area contributed by atoms with Crippen LogP contribution in [0.3, 0.4) is 0 Å². The molecule has 0 bridgehead atoms. The number of fused-ring (bicyclic) bond motifs is 3. The summed E-state index contributed by atoms with van der Waals surface area (Å²) in [6.07, 6.45) is 1.44. The zero-order valence-electron chi connectivity index (χ0n) is 12.5. The molecule has 0 fully saturated rings. The van der Waals surface area contributed by atoms with Crippen molar-refractivity contribution in [1.82, 2.24) is 19.8 Å². The van der Waals surface area contributed by atoms with Crippen molar-refractivity contribution in [2.75, 3.05) is 0 Å². The van der Waals surface area contributed by atoms with Crippen molar-refractivity contribution in [1.29, 1.82) is 5.26 Å². The Bertz CT molecular complexity index is 1190. The maximum Gasteiger partial charge on any atom is 0.195 e. The highest BCUT2D eigenvalue weighted by Gasteiger charge is 2.09. The van der Waals surface area contributed by atoms with Crippen LogP contribution in [0.15, 0.2) is 52.8 Å². The Balaban J connectivity index is 1.78. The van der Waals surface area contributed by atoms with E-state index < -0.39 is 0 Å². The number of hydrogen-bond acceptors (Lipinski definition) is 7. The first-order chi connectivity index (χ1) is 12.2. The number of aromatic hydroxyl groups is 1. The highest BCUT2D eigenvalue weighted by Crippen LogP contribution is 2.29. The number of halogens is 1. The minimum atomic E-state index is -0.0146. The summed E-state index contributed by atoms with van der Waals surface area (Å²) in [6, 6.07) is 11.8. The molecule has 0 spiro atoms. The number of hydrogen-bond donors (Lipinski definition) is 1. The van der Waals surface area contributed by atoms with Gasteiger partial charge in [-0.15, -0.1) is 10.2 Å². The highest BCUT2D eigenvalue weighted by molar-refractivity contribution is 6.32. The van der Waals surface area contributed by atoms with Gasteiger partial charge >= 0.3 is 0 Å². The first-order valence-electron chi connectivity index (χ1n) is 7.10. The molecule has 25 heavy (non-hydrogen) atoms. The minimum absolute atomic E-state index is 0.0146. The maximum atomic E-state index is 9.42. The van der Waals surface area contributed by atoms with Gasteiger partial charge in [-0.25, -0.2) is 4.52 Å². The standard InChI is InChI=1S/C16H8ClN7O/c17-12-5-10(2-4-15(12)25)20-21-11-1-3-13-14(6-11)24-16(23-22-13)9(7-18)8-19-24/h1-6,8,25H/b21-20+. The van der Waals surface area contributed by atoms with Crippen molar-refractivity contribution in [3.05, 3.63) is 53.2 Å². The second kappa shape index (κ2) is 5.81. The van der Waals surface area contributed by atoms with Crippen LogP contribution in [0.4, 0.5) is 11.4 Å². The number of phenolic OH excluding ortho intramolecular Hbond substituents is 1. The molecular formula is C16H8ClN7O. The zero-order valence-corrected chi connectivity index (χ0v) is 13.3. The van der Waals surface area contributed by atoms with Gasteiger partial charge in [0.1, 0.15) is 22.9 Å². The van der Waals surface area contributed by atoms with Gasteiger partial charge in [0.2, 0.25) is 0 Å². The van der Waals surface area contributed by atoms with E-state index in [9.17, 15) is 5.11 Å². The van der Waals surface area contributed by atoms with E-state index >= 15 is 0 Å². The van der Waals surface area contributed by atoms with E-state index in [-0.39, 0.29) is 10.8 Å². The maximum absolute atomic E-state index is 9.42. The van der Waals surface area contributed by atoms with Gasteiger partial charge in [0.05, 0.1) is 28.1 Å². The molecule has 0 saturated heterocycles. The summed E-state index contributed by atoms with van der Waals surface area (Å²) >= 11 is 5.85. The predicted octanol–water partition coefficient (Wildman–Crippen LogP) is 3.92. The first-order valence-corrected chi connectivity index (χ1v) is 7.48. The Hall–Kier alpha value is -3.57. The van der Waals surface area contributed by atoms with Gasteiger partial charge in [0.15, 0.2) is 5.65 Å². The van der Waals surface area contributed by atoms with E-state index in [0.717, 1.165) is 0 Å². The fourth-order valence-electron chi connectivity index (χ4n) is 2.30. The van der Waals surface area contributed by atoms with Gasteiger partial charge in [-0.3, -0.25) is 0 Å². The molecule has 120 valence electrons.